The number of carbonyl (C=O) groups excluding carboxylic acids is 1. The summed E-state index contributed by atoms with van der Waals surface area (Å²) in [4.78, 5) is 22.3. The van der Waals surface area contributed by atoms with Gasteiger partial charge in [-0.3, -0.25) is 14.9 Å². The number of rotatable bonds is 6. The van der Waals surface area contributed by atoms with Crippen LogP contribution in [0.25, 0.3) is 0 Å². The monoisotopic (exact) mass is 341 g/mol. The van der Waals surface area contributed by atoms with Crippen molar-refractivity contribution >= 4 is 27.5 Å². The second-order valence-corrected chi connectivity index (χ2v) is 5.83. The van der Waals surface area contributed by atoms with E-state index in [0.29, 0.717) is 16.1 Å². The highest BCUT2D eigenvalue weighted by Crippen LogP contribution is 2.23. The summed E-state index contributed by atoms with van der Waals surface area (Å²) in [7, 11) is 0. The van der Waals surface area contributed by atoms with Crippen molar-refractivity contribution in [3.8, 4) is 0 Å². The predicted molar refractivity (Wildman–Crippen MR) is 78.3 cm³/mol. The molecule has 1 unspecified atom stereocenters. The number of amides is 1. The highest BCUT2D eigenvalue weighted by molar-refractivity contribution is 9.10. The number of nitro benzene ring substituents is 1. The van der Waals surface area contributed by atoms with Gasteiger partial charge in [-0.05, 0) is 31.9 Å². The van der Waals surface area contributed by atoms with Gasteiger partial charge in [-0.15, -0.1) is 0 Å². The second-order valence-electron chi connectivity index (χ2n) is 4.92. The Kier molecular flexibility index (Phi) is 4.72. The number of nitrogens with one attached hydrogen (secondary N) is 2. The first kappa shape index (κ1) is 14.9. The fraction of sp³-hybridized carbons (Fsp3) is 0.462. The quantitative estimate of drug-likeness (QED) is 0.613. The molecule has 6 nitrogen and oxygen atoms in total. The number of carbonyl (C=O) groups is 1. The molecule has 1 aromatic carbocycles. The Labute approximate surface area is 125 Å². The largest absolute Gasteiger partial charge is 0.352 e. The predicted octanol–water partition coefficient (Wildman–Crippen LogP) is 2.11. The van der Waals surface area contributed by atoms with Crippen LogP contribution in [0.4, 0.5) is 5.69 Å². The van der Waals surface area contributed by atoms with Crippen LogP contribution in [0.3, 0.4) is 0 Å². The van der Waals surface area contributed by atoms with Crippen molar-refractivity contribution < 1.29 is 9.72 Å². The van der Waals surface area contributed by atoms with E-state index >= 15 is 0 Å². The summed E-state index contributed by atoms with van der Waals surface area (Å²) >= 11 is 3.21. The van der Waals surface area contributed by atoms with Gasteiger partial charge >= 0.3 is 0 Å². The summed E-state index contributed by atoms with van der Waals surface area (Å²) in [5.74, 6) is -0.0627. The Hall–Kier alpha value is -1.47. The van der Waals surface area contributed by atoms with Gasteiger partial charge in [0.25, 0.3) is 5.69 Å². The summed E-state index contributed by atoms with van der Waals surface area (Å²) in [5.41, 5.74) is 0.603. The molecule has 7 heteroatoms. The van der Waals surface area contributed by atoms with Crippen LogP contribution < -0.4 is 10.6 Å². The van der Waals surface area contributed by atoms with Crippen LogP contribution in [0.15, 0.2) is 22.7 Å². The molecule has 0 bridgehead atoms. The summed E-state index contributed by atoms with van der Waals surface area (Å²) in [5, 5.41) is 16.9. The van der Waals surface area contributed by atoms with Crippen molar-refractivity contribution in [1.29, 1.82) is 0 Å². The zero-order valence-electron chi connectivity index (χ0n) is 11.1. The fourth-order valence-electron chi connectivity index (χ4n) is 1.77. The van der Waals surface area contributed by atoms with Gasteiger partial charge in [-0.1, -0.05) is 15.9 Å². The van der Waals surface area contributed by atoms with Gasteiger partial charge in [0.05, 0.1) is 11.0 Å². The molecule has 2 N–H and O–H groups in total. The molecular formula is C13H16BrN3O3. The standard InChI is InChI=1S/C13H16BrN3O3/c1-8(13(18)16-11-4-5-11)15-7-9-2-3-10(14)6-12(9)17(19)20/h2-3,6,8,11,15H,4-5,7H2,1H3,(H,16,18). The van der Waals surface area contributed by atoms with Crippen molar-refractivity contribution in [3.05, 3.63) is 38.3 Å². The normalized spacial score (nSPS) is 15.7. The molecular weight excluding hydrogens is 326 g/mol. The van der Waals surface area contributed by atoms with Gasteiger partial charge < -0.3 is 10.6 Å². The number of benzene rings is 1. The average molecular weight is 342 g/mol. The first-order chi connectivity index (χ1) is 9.47. The Morgan fingerprint density at radius 3 is 2.85 bits per heavy atom. The Morgan fingerprint density at radius 2 is 2.25 bits per heavy atom. The van der Waals surface area contributed by atoms with E-state index in [4.69, 9.17) is 0 Å². The molecule has 1 aliphatic rings. The smallest absolute Gasteiger partial charge is 0.275 e. The lowest BCUT2D eigenvalue weighted by molar-refractivity contribution is -0.385. The minimum absolute atomic E-state index is 0.0432. The van der Waals surface area contributed by atoms with Crippen molar-refractivity contribution in [2.75, 3.05) is 0 Å². The molecule has 0 saturated heterocycles. The van der Waals surface area contributed by atoms with E-state index in [1.807, 2.05) is 0 Å². The van der Waals surface area contributed by atoms with E-state index in [2.05, 4.69) is 26.6 Å². The van der Waals surface area contributed by atoms with Crippen molar-refractivity contribution in [2.45, 2.75) is 38.4 Å². The van der Waals surface area contributed by atoms with Crippen LogP contribution in [0.1, 0.15) is 25.3 Å². The van der Waals surface area contributed by atoms with E-state index in [-0.39, 0.29) is 24.2 Å². The van der Waals surface area contributed by atoms with Crippen LogP contribution in [-0.4, -0.2) is 22.9 Å². The first-order valence-electron chi connectivity index (χ1n) is 6.44. The minimum Gasteiger partial charge on any atom is -0.352 e. The maximum Gasteiger partial charge on any atom is 0.275 e. The van der Waals surface area contributed by atoms with E-state index in [1.165, 1.54) is 6.07 Å². The highest BCUT2D eigenvalue weighted by Gasteiger charge is 2.25. The third kappa shape index (κ3) is 4.01. The fourth-order valence-corrected chi connectivity index (χ4v) is 2.12. The van der Waals surface area contributed by atoms with Crippen molar-refractivity contribution in [1.82, 2.24) is 10.6 Å². The molecule has 1 aromatic rings. The zero-order valence-corrected chi connectivity index (χ0v) is 12.6. The van der Waals surface area contributed by atoms with Crippen LogP contribution in [0.5, 0.6) is 0 Å². The van der Waals surface area contributed by atoms with Gasteiger partial charge in [0, 0.05) is 28.7 Å². The van der Waals surface area contributed by atoms with Gasteiger partial charge in [-0.25, -0.2) is 0 Å². The van der Waals surface area contributed by atoms with Crippen molar-refractivity contribution in [3.63, 3.8) is 0 Å². The second kappa shape index (κ2) is 6.32. The van der Waals surface area contributed by atoms with Gasteiger partial charge in [0.2, 0.25) is 5.91 Å². The molecule has 1 atom stereocenters. The zero-order chi connectivity index (χ0) is 14.7. The van der Waals surface area contributed by atoms with E-state index in [0.717, 1.165) is 12.8 Å². The van der Waals surface area contributed by atoms with Crippen LogP contribution in [0.2, 0.25) is 0 Å². The molecule has 1 amide bonds. The topological polar surface area (TPSA) is 84.3 Å². The number of nitrogens with zero attached hydrogens (tertiary/aromatic N) is 1. The molecule has 1 saturated carbocycles. The summed E-state index contributed by atoms with van der Waals surface area (Å²) in [6.45, 7) is 2.03. The molecule has 108 valence electrons. The molecule has 20 heavy (non-hydrogen) atoms. The molecule has 0 radical (unpaired) electrons. The molecule has 0 aliphatic heterocycles. The SMILES string of the molecule is CC(NCc1ccc(Br)cc1[N+](=O)[O-])C(=O)NC1CC1. The molecule has 0 heterocycles. The molecule has 1 aliphatic carbocycles. The Balaban J connectivity index is 1.95. The molecule has 2 rings (SSSR count). The lowest BCUT2D eigenvalue weighted by Gasteiger charge is -2.13. The van der Waals surface area contributed by atoms with E-state index in [1.54, 1.807) is 19.1 Å². The number of hydrogen-bond acceptors (Lipinski definition) is 4. The lowest BCUT2D eigenvalue weighted by Crippen LogP contribution is -2.42. The van der Waals surface area contributed by atoms with E-state index < -0.39 is 4.92 Å². The summed E-state index contributed by atoms with van der Waals surface area (Å²) in [6.07, 6.45) is 2.08. The average Bonchev–Trinajstić information content (AvgIpc) is 3.20. The number of halogens is 1. The van der Waals surface area contributed by atoms with Gasteiger partial charge in [0.15, 0.2) is 0 Å². The molecule has 1 fully saturated rings. The van der Waals surface area contributed by atoms with Crippen molar-refractivity contribution in [2.24, 2.45) is 0 Å². The van der Waals surface area contributed by atoms with Crippen LogP contribution >= 0.6 is 15.9 Å². The molecule has 0 aromatic heterocycles. The molecule has 0 spiro atoms. The van der Waals surface area contributed by atoms with Gasteiger partial charge in [0.1, 0.15) is 0 Å². The highest BCUT2D eigenvalue weighted by atomic mass is 79.9. The minimum atomic E-state index is -0.420. The van der Waals surface area contributed by atoms with Gasteiger partial charge in [-0.2, -0.15) is 0 Å². The third-order valence-electron chi connectivity index (χ3n) is 3.16. The number of nitro groups is 1. The first-order valence-corrected chi connectivity index (χ1v) is 7.23. The lowest BCUT2D eigenvalue weighted by atomic mass is 10.1. The Morgan fingerprint density at radius 1 is 1.55 bits per heavy atom. The number of hydrogen-bond donors (Lipinski definition) is 2. The summed E-state index contributed by atoms with van der Waals surface area (Å²) in [6, 6.07) is 4.83. The maximum atomic E-state index is 11.8. The Bertz CT molecular complexity index is 532. The summed E-state index contributed by atoms with van der Waals surface area (Å²) < 4.78 is 0.660. The van der Waals surface area contributed by atoms with Crippen LogP contribution in [0, 0.1) is 10.1 Å². The van der Waals surface area contributed by atoms with E-state index in [9.17, 15) is 14.9 Å². The third-order valence-corrected chi connectivity index (χ3v) is 3.65. The van der Waals surface area contributed by atoms with Crippen LogP contribution in [-0.2, 0) is 11.3 Å². The maximum absolute atomic E-state index is 11.8.